The van der Waals surface area contributed by atoms with Gasteiger partial charge in [-0.15, -0.1) is 0 Å². The molecule has 1 aromatic heterocycles. The first-order valence-electron chi connectivity index (χ1n) is 12.4. The second-order valence-electron chi connectivity index (χ2n) is 9.40. The van der Waals surface area contributed by atoms with Crippen molar-refractivity contribution in [3.8, 4) is 0 Å². The maximum atomic E-state index is 13.9. The van der Waals surface area contributed by atoms with Crippen LogP contribution in [0.5, 0.6) is 0 Å². The lowest BCUT2D eigenvalue weighted by molar-refractivity contribution is -0.385. The summed E-state index contributed by atoms with van der Waals surface area (Å²) in [5.41, 5.74) is 5.15. The normalized spacial score (nSPS) is 18.1. The molecule has 3 aromatic carbocycles. The van der Waals surface area contributed by atoms with E-state index in [1.54, 1.807) is 28.8 Å². The topological polar surface area (TPSA) is 77.5 Å². The van der Waals surface area contributed by atoms with Crippen LogP contribution >= 0.6 is 34.5 Å². The molecule has 4 aromatic rings. The van der Waals surface area contributed by atoms with Gasteiger partial charge in [-0.2, -0.15) is 0 Å². The molecule has 1 atom stereocenters. The van der Waals surface area contributed by atoms with Crippen LogP contribution in [0.15, 0.2) is 99.4 Å². The molecule has 0 saturated heterocycles. The van der Waals surface area contributed by atoms with E-state index in [4.69, 9.17) is 28.2 Å². The largest absolute Gasteiger partial charge is 0.276 e. The van der Waals surface area contributed by atoms with Crippen LogP contribution in [-0.2, 0) is 0 Å². The fourth-order valence-electron chi connectivity index (χ4n) is 5.18. The highest BCUT2D eigenvalue weighted by Crippen LogP contribution is 2.41. The molecule has 6 rings (SSSR count). The van der Waals surface area contributed by atoms with Gasteiger partial charge in [-0.1, -0.05) is 70.9 Å². The lowest BCUT2D eigenvalue weighted by Crippen LogP contribution is -2.39. The van der Waals surface area contributed by atoms with Gasteiger partial charge in [0.1, 0.15) is 0 Å². The average Bonchev–Trinajstić information content (AvgIpc) is 3.24. The van der Waals surface area contributed by atoms with Crippen LogP contribution in [0, 0.1) is 10.1 Å². The lowest BCUT2D eigenvalue weighted by Gasteiger charge is -2.31. The highest BCUT2D eigenvalue weighted by molar-refractivity contribution is 7.07. The Kier molecular flexibility index (Phi) is 6.81. The Hall–Kier alpha value is -3.78. The third-order valence-electron chi connectivity index (χ3n) is 6.95. The number of aromatic nitrogens is 1. The maximum absolute atomic E-state index is 13.9. The van der Waals surface area contributed by atoms with Crippen molar-refractivity contribution in [1.29, 1.82) is 0 Å². The zero-order chi connectivity index (χ0) is 27.1. The van der Waals surface area contributed by atoms with Gasteiger partial charge in [-0.05, 0) is 84.0 Å². The van der Waals surface area contributed by atoms with Crippen LogP contribution in [-0.4, -0.2) is 9.49 Å². The summed E-state index contributed by atoms with van der Waals surface area (Å²) < 4.78 is 2.11. The number of nitro groups is 1. The van der Waals surface area contributed by atoms with Crippen molar-refractivity contribution in [3.05, 3.63) is 146 Å². The number of nitro benzene ring substituents is 1. The van der Waals surface area contributed by atoms with Crippen molar-refractivity contribution in [1.82, 2.24) is 4.57 Å². The quantitative estimate of drug-likeness (QED) is 0.201. The van der Waals surface area contributed by atoms with E-state index in [0.717, 1.165) is 47.2 Å². The SMILES string of the molecule is O=c1/c(=C\c2ccccc2[N+](=O)[O-])sc2n1[C@H](c1ccc(Cl)cc1)C1=C(N=2)/C(=C/c2ccc(Cl)cc2)CCC1. The highest BCUT2D eigenvalue weighted by Gasteiger charge is 2.32. The van der Waals surface area contributed by atoms with Crippen molar-refractivity contribution < 1.29 is 4.92 Å². The number of allylic oxidation sites excluding steroid dienone is 2. The molecule has 1 aliphatic carbocycles. The molecule has 2 heterocycles. The number of hydrogen-bond donors (Lipinski definition) is 0. The van der Waals surface area contributed by atoms with Gasteiger partial charge >= 0.3 is 0 Å². The van der Waals surface area contributed by atoms with Gasteiger partial charge in [0, 0.05) is 16.1 Å². The van der Waals surface area contributed by atoms with Gasteiger partial charge in [0.25, 0.3) is 11.2 Å². The molecule has 2 aliphatic rings. The van der Waals surface area contributed by atoms with Crippen molar-refractivity contribution in [2.75, 3.05) is 0 Å². The second kappa shape index (κ2) is 10.4. The number of hydrogen-bond acceptors (Lipinski definition) is 5. The molecule has 0 amide bonds. The first-order chi connectivity index (χ1) is 18.9. The van der Waals surface area contributed by atoms with E-state index in [2.05, 4.69) is 6.08 Å². The smallest absolute Gasteiger partial charge is 0.272 e. The number of thiazole rings is 1. The standard InChI is InChI=1S/C30H21Cl2N3O3S/c31-22-12-8-18(9-13-22)16-21-5-3-6-24-27(21)33-30-34(28(24)19-10-14-23(32)15-11-19)29(36)26(39-30)17-20-4-1-2-7-25(20)35(37)38/h1-2,4,7-17,28H,3,5-6H2/b21-16+,26-17+/t28-/m1/s1. The monoisotopic (exact) mass is 573 g/mol. The fraction of sp³-hybridized carbons (Fsp3) is 0.133. The Morgan fingerprint density at radius 1 is 0.949 bits per heavy atom. The molecule has 0 unspecified atom stereocenters. The van der Waals surface area contributed by atoms with Crippen molar-refractivity contribution >= 4 is 52.4 Å². The number of benzene rings is 3. The molecular formula is C30H21Cl2N3O3S. The molecule has 0 bridgehead atoms. The van der Waals surface area contributed by atoms with E-state index in [1.807, 2.05) is 48.5 Å². The Balaban J connectivity index is 1.58. The fourth-order valence-corrected chi connectivity index (χ4v) is 6.42. The Morgan fingerprint density at radius 2 is 1.64 bits per heavy atom. The molecule has 0 N–H and O–H groups in total. The number of rotatable bonds is 4. The van der Waals surface area contributed by atoms with E-state index in [-0.39, 0.29) is 17.3 Å². The third kappa shape index (κ3) is 4.89. The van der Waals surface area contributed by atoms with E-state index >= 15 is 0 Å². The van der Waals surface area contributed by atoms with Gasteiger partial charge < -0.3 is 0 Å². The summed E-state index contributed by atoms with van der Waals surface area (Å²) >= 11 is 13.5. The predicted octanol–water partition coefficient (Wildman–Crippen LogP) is 6.70. The molecule has 1 aliphatic heterocycles. The molecule has 0 fully saturated rings. The third-order valence-corrected chi connectivity index (χ3v) is 8.44. The van der Waals surface area contributed by atoms with Crippen LogP contribution in [0.4, 0.5) is 5.69 Å². The molecule has 0 radical (unpaired) electrons. The second-order valence-corrected chi connectivity index (χ2v) is 11.3. The zero-order valence-corrected chi connectivity index (χ0v) is 22.8. The van der Waals surface area contributed by atoms with Gasteiger partial charge in [-0.25, -0.2) is 4.99 Å². The summed E-state index contributed by atoms with van der Waals surface area (Å²) in [5.74, 6) is 0. The van der Waals surface area contributed by atoms with Crippen molar-refractivity contribution in [2.24, 2.45) is 4.99 Å². The molecule has 39 heavy (non-hydrogen) atoms. The van der Waals surface area contributed by atoms with E-state index < -0.39 is 4.92 Å². The Labute approximate surface area is 237 Å². The predicted molar refractivity (Wildman–Crippen MR) is 156 cm³/mol. The van der Waals surface area contributed by atoms with Crippen molar-refractivity contribution in [2.45, 2.75) is 25.3 Å². The molecule has 6 nitrogen and oxygen atoms in total. The zero-order valence-electron chi connectivity index (χ0n) is 20.5. The van der Waals surface area contributed by atoms with Gasteiger partial charge in [-0.3, -0.25) is 19.5 Å². The van der Waals surface area contributed by atoms with Crippen LogP contribution in [0.2, 0.25) is 10.0 Å². The van der Waals surface area contributed by atoms with Crippen LogP contribution < -0.4 is 14.9 Å². The molecule has 0 saturated carbocycles. The number of halogens is 2. The summed E-state index contributed by atoms with van der Waals surface area (Å²) in [4.78, 5) is 30.6. The summed E-state index contributed by atoms with van der Waals surface area (Å²) in [5, 5.41) is 12.9. The van der Waals surface area contributed by atoms with Crippen LogP contribution in [0.25, 0.3) is 12.2 Å². The maximum Gasteiger partial charge on any atom is 0.276 e. The van der Waals surface area contributed by atoms with Gasteiger partial charge in [0.2, 0.25) is 0 Å². The highest BCUT2D eigenvalue weighted by atomic mass is 35.5. The van der Waals surface area contributed by atoms with Gasteiger partial charge in [0.15, 0.2) is 4.80 Å². The average molecular weight is 574 g/mol. The number of para-hydroxylation sites is 1. The first kappa shape index (κ1) is 25.5. The van der Waals surface area contributed by atoms with Crippen LogP contribution in [0.3, 0.4) is 0 Å². The lowest BCUT2D eigenvalue weighted by atomic mass is 9.84. The molecule has 9 heteroatoms. The molecular weight excluding hydrogens is 553 g/mol. The van der Waals surface area contributed by atoms with Gasteiger partial charge in [0.05, 0.1) is 26.8 Å². The van der Waals surface area contributed by atoms with Crippen LogP contribution in [0.1, 0.15) is 42.0 Å². The summed E-state index contributed by atoms with van der Waals surface area (Å²) in [6.45, 7) is 0. The Morgan fingerprint density at radius 3 is 2.36 bits per heavy atom. The Bertz CT molecular complexity index is 1850. The molecule has 194 valence electrons. The van der Waals surface area contributed by atoms with E-state index in [0.29, 0.717) is 24.9 Å². The summed E-state index contributed by atoms with van der Waals surface area (Å²) in [6, 6.07) is 21.3. The number of nitrogens with zero attached hydrogens (tertiary/aromatic N) is 3. The van der Waals surface area contributed by atoms with Crippen molar-refractivity contribution in [3.63, 3.8) is 0 Å². The van der Waals surface area contributed by atoms with E-state index in [1.165, 1.54) is 17.4 Å². The first-order valence-corrected chi connectivity index (χ1v) is 14.0. The summed E-state index contributed by atoms with van der Waals surface area (Å²) in [7, 11) is 0. The summed E-state index contributed by atoms with van der Waals surface area (Å²) in [6.07, 6.45) is 6.32. The minimum absolute atomic E-state index is 0.0509. The van der Waals surface area contributed by atoms with E-state index in [9.17, 15) is 14.9 Å². The minimum Gasteiger partial charge on any atom is -0.272 e. The minimum atomic E-state index is -0.439. The molecule has 0 spiro atoms. The number of fused-ring (bicyclic) bond motifs is 1.